The Morgan fingerprint density at radius 1 is 0.575 bits per heavy atom. The van der Waals surface area contributed by atoms with Gasteiger partial charge in [0.1, 0.15) is 0 Å². The smallest absolute Gasteiger partial charge is 0.0946 e. The fourth-order valence-corrected chi connectivity index (χ4v) is 5.25. The Balaban J connectivity index is 1.12. The van der Waals surface area contributed by atoms with Crippen molar-refractivity contribution in [2.75, 3.05) is 13.1 Å². The molecule has 0 aliphatic carbocycles. The van der Waals surface area contributed by atoms with Crippen molar-refractivity contribution in [3.63, 3.8) is 0 Å². The molecule has 7 aromatic rings. The van der Waals surface area contributed by atoms with Gasteiger partial charge < -0.3 is 19.8 Å². The lowest BCUT2D eigenvalue weighted by Gasteiger charge is -2.10. The fraction of sp³-hybridized carbons (Fsp3) is 0.188. The molecule has 0 aliphatic rings. The molecule has 0 radical (unpaired) electrons. The van der Waals surface area contributed by atoms with Crippen LogP contribution >= 0.6 is 0 Å². The summed E-state index contributed by atoms with van der Waals surface area (Å²) in [6.45, 7) is 5.20. The van der Waals surface area contributed by atoms with E-state index in [0.717, 1.165) is 82.9 Å². The molecule has 0 unspecified atom stereocenters. The minimum atomic E-state index is 0.807. The maximum atomic E-state index is 5.10. The summed E-state index contributed by atoms with van der Waals surface area (Å²) >= 11 is 0. The lowest BCUT2D eigenvalue weighted by molar-refractivity contribution is 0.597. The highest BCUT2D eigenvalue weighted by Crippen LogP contribution is 2.29. The van der Waals surface area contributed by atoms with Crippen molar-refractivity contribution in [3.05, 3.63) is 109 Å². The molecule has 2 N–H and O–H groups in total. The number of imidazole rings is 2. The van der Waals surface area contributed by atoms with Crippen LogP contribution in [0.15, 0.2) is 98.1 Å². The molecule has 3 aromatic carbocycles. The fourth-order valence-electron chi connectivity index (χ4n) is 5.25. The molecule has 0 spiro atoms. The monoisotopic (exact) mass is 526 g/mol. The van der Waals surface area contributed by atoms with Crippen molar-refractivity contribution in [1.29, 1.82) is 0 Å². The lowest BCUT2D eigenvalue weighted by atomic mass is 10.0. The maximum absolute atomic E-state index is 5.10. The number of pyridine rings is 2. The van der Waals surface area contributed by atoms with E-state index in [-0.39, 0.29) is 0 Å². The van der Waals surface area contributed by atoms with Gasteiger partial charge in [0.25, 0.3) is 0 Å². The van der Waals surface area contributed by atoms with Gasteiger partial charge in [-0.3, -0.25) is 0 Å². The molecule has 0 bridgehead atoms. The van der Waals surface area contributed by atoms with E-state index in [0.29, 0.717) is 0 Å². The van der Waals surface area contributed by atoms with Gasteiger partial charge in [-0.2, -0.15) is 0 Å². The molecular weight excluding hydrogens is 496 g/mol. The lowest BCUT2D eigenvalue weighted by Crippen LogP contribution is -2.18. The molecule has 0 fully saturated rings. The van der Waals surface area contributed by atoms with Crippen LogP contribution in [0, 0.1) is 0 Å². The minimum absolute atomic E-state index is 0.807. The Morgan fingerprint density at radius 2 is 1.18 bits per heavy atom. The Kier molecular flexibility index (Phi) is 6.61. The number of hydrogen-bond acceptors (Lipinski definition) is 6. The van der Waals surface area contributed by atoms with E-state index in [9.17, 15) is 0 Å². The molecule has 0 atom stereocenters. The molecule has 0 aliphatic heterocycles. The maximum Gasteiger partial charge on any atom is 0.0946 e. The van der Waals surface area contributed by atoms with Crippen LogP contribution in [-0.4, -0.2) is 42.2 Å². The second-order valence-corrected chi connectivity index (χ2v) is 10.2. The van der Waals surface area contributed by atoms with Crippen LogP contribution in [0.5, 0.6) is 0 Å². The number of fused-ring (bicyclic) bond motifs is 5. The molecule has 0 saturated carbocycles. The Morgan fingerprint density at radius 3 is 1.80 bits per heavy atom. The van der Waals surface area contributed by atoms with Gasteiger partial charge in [-0.15, -0.1) is 0 Å². The first-order chi connectivity index (χ1) is 19.8. The number of nitrogens with one attached hydrogen (secondary N) is 2. The number of rotatable bonds is 10. The third-order valence-electron chi connectivity index (χ3n) is 7.36. The van der Waals surface area contributed by atoms with E-state index in [2.05, 4.69) is 90.4 Å². The molecule has 4 aromatic heterocycles. The van der Waals surface area contributed by atoms with Gasteiger partial charge in [0.05, 0.1) is 34.7 Å². The van der Waals surface area contributed by atoms with Crippen molar-refractivity contribution >= 4 is 43.6 Å². The summed E-state index contributed by atoms with van der Waals surface area (Å²) in [7, 11) is 0. The van der Waals surface area contributed by atoms with E-state index in [1.165, 1.54) is 11.1 Å². The van der Waals surface area contributed by atoms with Gasteiger partial charge in [-0.05, 0) is 53.6 Å². The predicted molar refractivity (Wildman–Crippen MR) is 160 cm³/mol. The summed E-state index contributed by atoms with van der Waals surface area (Å²) < 4.78 is 4.15. The first-order valence-corrected chi connectivity index (χ1v) is 13.7. The zero-order valence-electron chi connectivity index (χ0n) is 22.2. The van der Waals surface area contributed by atoms with Crippen LogP contribution in [0.1, 0.15) is 11.1 Å². The highest BCUT2D eigenvalue weighted by Gasteiger charge is 2.09. The zero-order valence-corrected chi connectivity index (χ0v) is 22.2. The average Bonchev–Trinajstić information content (AvgIpc) is 3.70. The van der Waals surface area contributed by atoms with Crippen LogP contribution in [0.2, 0.25) is 0 Å². The standard InChI is InChI=1S/C32H30N8/c1-4-29-27(16-24(1)20-34-8-12-40-14-10-36-22-40)18-28-31(37-29)6-3-25-17-26-15-23(2-5-30(26)38-32(25)28)19-33-7-11-39-13-9-35-21-39/h1-6,9-10,13-18,21-22,33-34H,7-8,11-12,19-20H2. The van der Waals surface area contributed by atoms with Crippen molar-refractivity contribution < 1.29 is 0 Å². The summed E-state index contributed by atoms with van der Waals surface area (Å²) in [6.07, 6.45) is 11.3. The number of benzene rings is 3. The third kappa shape index (κ3) is 5.14. The Labute approximate surface area is 231 Å². The highest BCUT2D eigenvalue weighted by molar-refractivity contribution is 6.10. The van der Waals surface area contributed by atoms with Gasteiger partial charge in [0, 0.05) is 85.6 Å². The molecule has 198 valence electrons. The van der Waals surface area contributed by atoms with Crippen molar-refractivity contribution in [1.82, 2.24) is 39.7 Å². The van der Waals surface area contributed by atoms with Crippen molar-refractivity contribution in [2.24, 2.45) is 0 Å². The SMILES string of the molecule is c1cn(CCNCc2ccc3nc4ccc5cc6cc(CNCCn7ccnc7)ccc6nc5c4cc3c2)cn1. The molecule has 8 heteroatoms. The molecule has 0 saturated heterocycles. The van der Waals surface area contributed by atoms with Crippen LogP contribution in [0.3, 0.4) is 0 Å². The molecule has 0 amide bonds. The average molecular weight is 527 g/mol. The summed E-state index contributed by atoms with van der Waals surface area (Å²) in [5.74, 6) is 0. The molecule has 40 heavy (non-hydrogen) atoms. The first-order valence-electron chi connectivity index (χ1n) is 13.7. The zero-order chi connectivity index (χ0) is 26.7. The third-order valence-corrected chi connectivity index (χ3v) is 7.36. The Bertz CT molecular complexity index is 1910. The largest absolute Gasteiger partial charge is 0.336 e. The molecule has 7 rings (SSSR count). The minimum Gasteiger partial charge on any atom is -0.336 e. The predicted octanol–water partition coefficient (Wildman–Crippen LogP) is 5.06. The van der Waals surface area contributed by atoms with E-state index < -0.39 is 0 Å². The number of hydrogen-bond donors (Lipinski definition) is 2. The Hall–Kier alpha value is -4.66. The topological polar surface area (TPSA) is 85.5 Å². The van der Waals surface area contributed by atoms with Crippen LogP contribution in [0.4, 0.5) is 0 Å². The first kappa shape index (κ1) is 24.4. The van der Waals surface area contributed by atoms with Crippen molar-refractivity contribution in [3.8, 4) is 0 Å². The van der Waals surface area contributed by atoms with Gasteiger partial charge in [0.2, 0.25) is 0 Å². The van der Waals surface area contributed by atoms with Gasteiger partial charge in [-0.1, -0.05) is 18.2 Å². The van der Waals surface area contributed by atoms with Gasteiger partial charge >= 0.3 is 0 Å². The van der Waals surface area contributed by atoms with Crippen LogP contribution in [-0.2, 0) is 26.2 Å². The van der Waals surface area contributed by atoms with E-state index in [1.54, 1.807) is 0 Å². The molecular formula is C32H30N8. The van der Waals surface area contributed by atoms with Crippen LogP contribution in [0.25, 0.3) is 43.6 Å². The summed E-state index contributed by atoms with van der Waals surface area (Å²) in [5.41, 5.74) is 6.45. The number of aromatic nitrogens is 6. The number of nitrogens with zero attached hydrogens (tertiary/aromatic N) is 6. The van der Waals surface area contributed by atoms with Crippen LogP contribution < -0.4 is 10.6 Å². The second-order valence-electron chi connectivity index (χ2n) is 10.2. The molecule has 8 nitrogen and oxygen atoms in total. The van der Waals surface area contributed by atoms with E-state index in [1.807, 2.05) is 37.4 Å². The summed E-state index contributed by atoms with van der Waals surface area (Å²) in [6, 6.07) is 21.8. The summed E-state index contributed by atoms with van der Waals surface area (Å²) in [4.78, 5) is 18.3. The normalized spacial score (nSPS) is 11.8. The van der Waals surface area contributed by atoms with Crippen molar-refractivity contribution in [2.45, 2.75) is 26.2 Å². The second kappa shape index (κ2) is 10.8. The van der Waals surface area contributed by atoms with E-state index in [4.69, 9.17) is 9.97 Å². The highest BCUT2D eigenvalue weighted by atomic mass is 15.0. The van der Waals surface area contributed by atoms with E-state index >= 15 is 0 Å². The summed E-state index contributed by atoms with van der Waals surface area (Å²) in [5, 5.41) is 11.6. The molecule has 4 heterocycles. The van der Waals surface area contributed by atoms with Gasteiger partial charge in [0.15, 0.2) is 0 Å². The quantitative estimate of drug-likeness (QED) is 0.147. The van der Waals surface area contributed by atoms with Gasteiger partial charge in [-0.25, -0.2) is 19.9 Å².